The van der Waals surface area contributed by atoms with Crippen LogP contribution in [-0.2, 0) is 9.59 Å². The van der Waals surface area contributed by atoms with Gasteiger partial charge in [-0.2, -0.15) is 0 Å². The van der Waals surface area contributed by atoms with Gasteiger partial charge in [-0.3, -0.25) is 4.79 Å². The summed E-state index contributed by atoms with van der Waals surface area (Å²) in [6.45, 7) is 4.06. The van der Waals surface area contributed by atoms with Crippen LogP contribution < -0.4 is 0 Å². The first-order valence-electron chi connectivity index (χ1n) is 8.55. The zero-order chi connectivity index (χ0) is 17.3. The number of carbonyl (C=O) groups excluding carboxylic acids is 1. The van der Waals surface area contributed by atoms with Gasteiger partial charge < -0.3 is 14.6 Å². The fourth-order valence-electron chi connectivity index (χ4n) is 3.93. The predicted octanol–water partition coefficient (Wildman–Crippen LogP) is 2.20. The average Bonchev–Trinajstić information content (AvgIpc) is 3.16. The van der Waals surface area contributed by atoms with Crippen molar-refractivity contribution < 1.29 is 14.7 Å². The molecule has 24 heavy (non-hydrogen) atoms. The Labute approximate surface area is 145 Å². The van der Waals surface area contributed by atoms with Crippen molar-refractivity contribution in [2.24, 2.45) is 5.92 Å². The zero-order valence-corrected chi connectivity index (χ0v) is 14.9. The second-order valence-corrected chi connectivity index (χ2v) is 7.85. The number of hydrogen-bond acceptors (Lipinski definition) is 5. The van der Waals surface area contributed by atoms with Crippen molar-refractivity contribution in [3.63, 3.8) is 0 Å². The lowest BCUT2D eigenvalue weighted by Crippen LogP contribution is -2.47. The van der Waals surface area contributed by atoms with E-state index in [1.54, 1.807) is 11.2 Å². The second-order valence-electron chi connectivity index (χ2n) is 6.91. The predicted molar refractivity (Wildman–Crippen MR) is 89.8 cm³/mol. The van der Waals surface area contributed by atoms with E-state index in [2.05, 4.69) is 10.2 Å². The number of aromatic nitrogens is 3. The molecule has 1 aromatic rings. The molecule has 3 atom stereocenters. The lowest BCUT2D eigenvalue weighted by Gasteiger charge is -2.33. The van der Waals surface area contributed by atoms with Gasteiger partial charge in [0.15, 0.2) is 5.16 Å². The van der Waals surface area contributed by atoms with Crippen molar-refractivity contribution in [3.8, 4) is 0 Å². The van der Waals surface area contributed by atoms with Crippen molar-refractivity contribution in [2.75, 3.05) is 5.75 Å². The summed E-state index contributed by atoms with van der Waals surface area (Å²) in [6, 6.07) is -0.357. The second kappa shape index (κ2) is 7.13. The molecule has 1 aromatic heterocycles. The molecule has 0 aromatic carbocycles. The highest BCUT2D eigenvalue weighted by molar-refractivity contribution is 7.99. The van der Waals surface area contributed by atoms with Crippen molar-refractivity contribution in [2.45, 2.75) is 69.2 Å². The first-order valence-corrected chi connectivity index (χ1v) is 9.54. The number of carboxylic acid groups (broad SMARTS) is 1. The fraction of sp³-hybridized carbons (Fsp3) is 0.750. The van der Waals surface area contributed by atoms with Gasteiger partial charge >= 0.3 is 5.97 Å². The Morgan fingerprint density at radius 3 is 2.83 bits per heavy atom. The molecule has 2 fully saturated rings. The Hall–Kier alpha value is -1.57. The van der Waals surface area contributed by atoms with Crippen LogP contribution in [0.5, 0.6) is 0 Å². The van der Waals surface area contributed by atoms with Gasteiger partial charge in [0.05, 0.1) is 5.75 Å². The lowest BCUT2D eigenvalue weighted by molar-refractivity contribution is -0.148. The van der Waals surface area contributed by atoms with Gasteiger partial charge in [0, 0.05) is 12.1 Å². The molecule has 3 rings (SSSR count). The summed E-state index contributed by atoms with van der Waals surface area (Å²) in [4.78, 5) is 26.0. The lowest BCUT2D eigenvalue weighted by atomic mass is 9.85. The number of hydrogen-bond donors (Lipinski definition) is 1. The van der Waals surface area contributed by atoms with Gasteiger partial charge in [0.2, 0.25) is 5.91 Å². The zero-order valence-electron chi connectivity index (χ0n) is 14.1. The number of carbonyl (C=O) groups is 2. The van der Waals surface area contributed by atoms with E-state index in [-0.39, 0.29) is 23.7 Å². The Kier molecular flexibility index (Phi) is 5.12. The third-order valence-electron chi connectivity index (χ3n) is 5.08. The van der Waals surface area contributed by atoms with E-state index in [1.807, 2.05) is 18.4 Å². The van der Waals surface area contributed by atoms with Gasteiger partial charge in [0.25, 0.3) is 0 Å². The first-order chi connectivity index (χ1) is 11.5. The van der Waals surface area contributed by atoms with Crippen molar-refractivity contribution >= 4 is 23.6 Å². The molecule has 8 heteroatoms. The molecule has 1 saturated heterocycles. The molecule has 2 heterocycles. The Morgan fingerprint density at radius 1 is 1.38 bits per heavy atom. The summed E-state index contributed by atoms with van der Waals surface area (Å²) in [6.07, 6.45) is 6.43. The van der Waals surface area contributed by atoms with Crippen LogP contribution in [0.1, 0.15) is 52.0 Å². The van der Waals surface area contributed by atoms with Gasteiger partial charge in [-0.1, -0.05) is 24.6 Å². The molecule has 1 aliphatic carbocycles. The van der Waals surface area contributed by atoms with Crippen LogP contribution in [0.25, 0.3) is 0 Å². The largest absolute Gasteiger partial charge is 0.480 e. The number of fused-ring (bicyclic) bond motifs is 1. The standard InChI is InChI=1S/C16H24N4O3S/c1-10(2)19-9-17-18-16(19)24-8-14(21)20-12-6-4-3-5-11(12)7-13(20)15(22)23/h9-13H,3-8H2,1-2H3,(H,22,23). The van der Waals surface area contributed by atoms with Gasteiger partial charge in [-0.15, -0.1) is 10.2 Å². The molecule has 0 spiro atoms. The number of carboxylic acids is 1. The Balaban J connectivity index is 1.70. The minimum Gasteiger partial charge on any atom is -0.480 e. The van der Waals surface area contributed by atoms with Crippen LogP contribution in [0, 0.1) is 5.92 Å². The van der Waals surface area contributed by atoms with E-state index in [4.69, 9.17) is 0 Å². The first kappa shape index (κ1) is 17.3. The van der Waals surface area contributed by atoms with Crippen LogP contribution in [0.2, 0.25) is 0 Å². The van der Waals surface area contributed by atoms with E-state index in [1.165, 1.54) is 11.8 Å². The quantitative estimate of drug-likeness (QED) is 0.817. The summed E-state index contributed by atoms with van der Waals surface area (Å²) < 4.78 is 1.92. The maximum Gasteiger partial charge on any atom is 0.326 e. The van der Waals surface area contributed by atoms with Gasteiger partial charge in [0.1, 0.15) is 12.4 Å². The van der Waals surface area contributed by atoms with Crippen LogP contribution in [0.15, 0.2) is 11.5 Å². The molecule has 1 aliphatic heterocycles. The number of rotatable bonds is 5. The van der Waals surface area contributed by atoms with Crippen molar-refractivity contribution in [1.82, 2.24) is 19.7 Å². The Morgan fingerprint density at radius 2 is 2.12 bits per heavy atom. The molecular formula is C16H24N4O3S. The van der Waals surface area contributed by atoms with E-state index in [0.29, 0.717) is 17.5 Å². The van der Waals surface area contributed by atoms with E-state index < -0.39 is 12.0 Å². The molecule has 3 unspecified atom stereocenters. The summed E-state index contributed by atoms with van der Waals surface area (Å²) in [7, 11) is 0. The topological polar surface area (TPSA) is 88.3 Å². The van der Waals surface area contributed by atoms with Gasteiger partial charge in [-0.05, 0) is 39.0 Å². The minimum atomic E-state index is -0.881. The van der Waals surface area contributed by atoms with Crippen LogP contribution in [0.4, 0.5) is 0 Å². The average molecular weight is 352 g/mol. The molecule has 1 saturated carbocycles. The Bertz CT molecular complexity index is 618. The van der Waals surface area contributed by atoms with E-state index in [9.17, 15) is 14.7 Å². The SMILES string of the molecule is CC(C)n1cnnc1SCC(=O)N1C(C(=O)O)CC2CCCCC21. The van der Waals surface area contributed by atoms with E-state index >= 15 is 0 Å². The summed E-state index contributed by atoms with van der Waals surface area (Å²) in [5.41, 5.74) is 0. The minimum absolute atomic E-state index is 0.0934. The summed E-state index contributed by atoms with van der Waals surface area (Å²) in [5, 5.41) is 18.2. The van der Waals surface area contributed by atoms with E-state index in [0.717, 1.165) is 25.7 Å². The molecule has 0 bridgehead atoms. The number of nitrogens with zero attached hydrogens (tertiary/aromatic N) is 4. The number of aliphatic carboxylic acids is 1. The fourth-order valence-corrected chi connectivity index (χ4v) is 4.84. The summed E-state index contributed by atoms with van der Waals surface area (Å²) in [5.74, 6) is -0.431. The summed E-state index contributed by atoms with van der Waals surface area (Å²) >= 11 is 1.34. The third kappa shape index (κ3) is 3.29. The maximum atomic E-state index is 12.8. The highest BCUT2D eigenvalue weighted by Crippen LogP contribution is 2.40. The highest BCUT2D eigenvalue weighted by Gasteiger charge is 2.47. The van der Waals surface area contributed by atoms with Crippen LogP contribution >= 0.6 is 11.8 Å². The van der Waals surface area contributed by atoms with Crippen LogP contribution in [-0.4, -0.2) is 54.5 Å². The van der Waals surface area contributed by atoms with Crippen LogP contribution in [0.3, 0.4) is 0 Å². The monoisotopic (exact) mass is 352 g/mol. The normalized spacial score (nSPS) is 26.6. The van der Waals surface area contributed by atoms with Gasteiger partial charge in [-0.25, -0.2) is 4.79 Å². The third-order valence-corrected chi connectivity index (χ3v) is 6.02. The molecular weight excluding hydrogens is 328 g/mol. The maximum absolute atomic E-state index is 12.8. The number of amides is 1. The molecule has 7 nitrogen and oxygen atoms in total. The number of thioether (sulfide) groups is 1. The molecule has 0 radical (unpaired) electrons. The molecule has 132 valence electrons. The molecule has 2 aliphatic rings. The highest BCUT2D eigenvalue weighted by atomic mass is 32.2. The van der Waals surface area contributed by atoms with Crippen molar-refractivity contribution in [3.05, 3.63) is 6.33 Å². The molecule has 1 N–H and O–H groups in total. The van der Waals surface area contributed by atoms with Crippen molar-refractivity contribution in [1.29, 1.82) is 0 Å². The number of likely N-dealkylation sites (tertiary alicyclic amines) is 1. The smallest absolute Gasteiger partial charge is 0.326 e. The molecule has 1 amide bonds.